The van der Waals surface area contributed by atoms with Gasteiger partial charge in [0.25, 0.3) is 14.2 Å². The Morgan fingerprint density at radius 2 is 2.07 bits per heavy atom. The Kier molecular flexibility index (Phi) is 2.08. The molecule has 1 aliphatic carbocycles. The van der Waals surface area contributed by atoms with E-state index in [2.05, 4.69) is 17.1 Å². The van der Waals surface area contributed by atoms with Gasteiger partial charge in [-0.3, -0.25) is 0 Å². The van der Waals surface area contributed by atoms with E-state index in [1.165, 1.54) is 4.57 Å². The molecule has 78 valence electrons. The summed E-state index contributed by atoms with van der Waals surface area (Å²) in [7, 11) is 3.03. The largest absolute Gasteiger partial charge is 0.304 e. The maximum absolute atomic E-state index is 11.0. The van der Waals surface area contributed by atoms with E-state index in [9.17, 15) is 8.42 Å². The Morgan fingerprint density at radius 3 is 2.43 bits per heavy atom. The summed E-state index contributed by atoms with van der Waals surface area (Å²) in [4.78, 5) is 0. The van der Waals surface area contributed by atoms with Crippen LogP contribution < -0.4 is 0 Å². The van der Waals surface area contributed by atoms with Crippen LogP contribution in [-0.2, 0) is 16.1 Å². The zero-order valence-electron chi connectivity index (χ0n) is 7.81. The Bertz CT molecular complexity index is 467. The minimum absolute atomic E-state index is 0.173. The molecule has 0 aliphatic heterocycles. The third kappa shape index (κ3) is 1.52. The van der Waals surface area contributed by atoms with Crippen molar-refractivity contribution in [2.24, 2.45) is 13.0 Å². The lowest BCUT2D eigenvalue weighted by Crippen LogP contribution is -2.04. The van der Waals surface area contributed by atoms with Crippen LogP contribution in [0.3, 0.4) is 0 Å². The fourth-order valence-corrected chi connectivity index (χ4v) is 2.51. The second-order valence-corrected chi connectivity index (χ2v) is 6.12. The normalized spacial score (nSPS) is 26.5. The van der Waals surface area contributed by atoms with E-state index < -0.39 is 9.05 Å². The van der Waals surface area contributed by atoms with Crippen LogP contribution in [0.25, 0.3) is 0 Å². The van der Waals surface area contributed by atoms with Crippen LogP contribution in [0.5, 0.6) is 0 Å². The summed E-state index contributed by atoms with van der Waals surface area (Å²) >= 11 is 0. The maximum atomic E-state index is 11.0. The summed E-state index contributed by atoms with van der Waals surface area (Å²) in [5.41, 5.74) is 0. The predicted molar refractivity (Wildman–Crippen MR) is 50.6 cm³/mol. The van der Waals surface area contributed by atoms with Crippen molar-refractivity contribution in [3.05, 3.63) is 5.82 Å². The molecule has 1 fully saturated rings. The standard InChI is InChI=1S/C7H10ClN3O2S/c1-4-3-5(4)6-9-10-7(11(6)2)14(8,12)13/h4-5H,3H2,1-2H3. The monoisotopic (exact) mass is 235 g/mol. The molecule has 0 radical (unpaired) electrons. The minimum Gasteiger partial charge on any atom is -0.304 e. The Labute approximate surface area is 86.5 Å². The van der Waals surface area contributed by atoms with Crippen LogP contribution in [0.1, 0.15) is 25.1 Å². The van der Waals surface area contributed by atoms with Gasteiger partial charge in [0.15, 0.2) is 0 Å². The number of hydrogen-bond acceptors (Lipinski definition) is 4. The first-order valence-electron chi connectivity index (χ1n) is 4.25. The molecule has 1 aliphatic rings. The van der Waals surface area contributed by atoms with E-state index in [4.69, 9.17) is 10.7 Å². The average molecular weight is 236 g/mol. The van der Waals surface area contributed by atoms with Crippen molar-refractivity contribution in [3.63, 3.8) is 0 Å². The highest BCUT2D eigenvalue weighted by atomic mass is 35.7. The molecule has 2 atom stereocenters. The van der Waals surface area contributed by atoms with Gasteiger partial charge in [0.1, 0.15) is 5.82 Å². The summed E-state index contributed by atoms with van der Waals surface area (Å²) in [6.07, 6.45) is 1.04. The highest BCUT2D eigenvalue weighted by Gasteiger charge is 2.39. The van der Waals surface area contributed by atoms with Gasteiger partial charge in [-0.15, -0.1) is 10.2 Å². The quantitative estimate of drug-likeness (QED) is 0.714. The van der Waals surface area contributed by atoms with Crippen molar-refractivity contribution < 1.29 is 8.42 Å². The van der Waals surface area contributed by atoms with Crippen LogP contribution in [0.4, 0.5) is 0 Å². The summed E-state index contributed by atoms with van der Waals surface area (Å²) in [6.45, 7) is 2.09. The molecule has 2 rings (SSSR count). The van der Waals surface area contributed by atoms with Crippen LogP contribution in [-0.4, -0.2) is 23.2 Å². The minimum atomic E-state index is -3.77. The van der Waals surface area contributed by atoms with E-state index >= 15 is 0 Å². The number of rotatable bonds is 2. The van der Waals surface area contributed by atoms with Gasteiger partial charge in [0.2, 0.25) is 0 Å². The fourth-order valence-electron chi connectivity index (χ4n) is 1.54. The molecule has 7 heteroatoms. The molecule has 5 nitrogen and oxygen atoms in total. The van der Waals surface area contributed by atoms with Gasteiger partial charge in [0, 0.05) is 23.6 Å². The van der Waals surface area contributed by atoms with Gasteiger partial charge < -0.3 is 4.57 Å². The van der Waals surface area contributed by atoms with Gasteiger partial charge in [-0.05, 0) is 12.3 Å². The average Bonchev–Trinajstić information content (AvgIpc) is 2.58. The first-order chi connectivity index (χ1) is 6.41. The summed E-state index contributed by atoms with van der Waals surface area (Å²) in [5, 5.41) is 7.25. The SMILES string of the molecule is CC1CC1c1nnc(S(=O)(=O)Cl)n1C. The van der Waals surface area contributed by atoms with Gasteiger partial charge in [-0.25, -0.2) is 8.42 Å². The van der Waals surface area contributed by atoms with Crippen LogP contribution >= 0.6 is 10.7 Å². The molecular weight excluding hydrogens is 226 g/mol. The topological polar surface area (TPSA) is 64.8 Å². The number of aromatic nitrogens is 3. The number of halogens is 1. The molecule has 0 spiro atoms. The molecule has 1 aromatic heterocycles. The third-order valence-electron chi connectivity index (χ3n) is 2.53. The summed E-state index contributed by atoms with van der Waals surface area (Å²) in [5.74, 6) is 1.60. The van der Waals surface area contributed by atoms with Crippen molar-refractivity contribution in [1.29, 1.82) is 0 Å². The molecule has 0 bridgehead atoms. The third-order valence-corrected chi connectivity index (χ3v) is 3.73. The van der Waals surface area contributed by atoms with Crippen molar-refractivity contribution in [3.8, 4) is 0 Å². The van der Waals surface area contributed by atoms with Gasteiger partial charge in [0.05, 0.1) is 0 Å². The van der Waals surface area contributed by atoms with E-state index in [0.29, 0.717) is 17.7 Å². The molecule has 14 heavy (non-hydrogen) atoms. The van der Waals surface area contributed by atoms with E-state index in [1.54, 1.807) is 7.05 Å². The first-order valence-corrected chi connectivity index (χ1v) is 6.56. The number of hydrogen-bond donors (Lipinski definition) is 0. The molecule has 2 unspecified atom stereocenters. The molecule has 0 saturated heterocycles. The zero-order valence-corrected chi connectivity index (χ0v) is 9.38. The smallest absolute Gasteiger partial charge is 0.296 e. The molecule has 1 saturated carbocycles. The second kappa shape index (κ2) is 2.93. The number of nitrogens with zero attached hydrogens (tertiary/aromatic N) is 3. The molecule has 1 aromatic rings. The molecule has 1 heterocycles. The lowest BCUT2D eigenvalue weighted by atomic mass is 10.3. The first kappa shape index (κ1) is 9.92. The van der Waals surface area contributed by atoms with Crippen molar-refractivity contribution in [2.45, 2.75) is 24.4 Å². The van der Waals surface area contributed by atoms with Crippen molar-refractivity contribution >= 4 is 19.7 Å². The van der Waals surface area contributed by atoms with Crippen molar-refractivity contribution in [2.75, 3.05) is 0 Å². The van der Waals surface area contributed by atoms with Gasteiger partial charge in [-0.1, -0.05) is 6.92 Å². The maximum Gasteiger partial charge on any atom is 0.296 e. The van der Waals surface area contributed by atoms with Gasteiger partial charge in [-0.2, -0.15) is 0 Å². The van der Waals surface area contributed by atoms with Crippen LogP contribution in [0, 0.1) is 5.92 Å². The van der Waals surface area contributed by atoms with Crippen LogP contribution in [0.2, 0.25) is 0 Å². The van der Waals surface area contributed by atoms with E-state index in [-0.39, 0.29) is 5.16 Å². The molecule has 0 N–H and O–H groups in total. The van der Waals surface area contributed by atoms with Gasteiger partial charge >= 0.3 is 0 Å². The zero-order chi connectivity index (χ0) is 10.5. The van der Waals surface area contributed by atoms with E-state index in [0.717, 1.165) is 6.42 Å². The summed E-state index contributed by atoms with van der Waals surface area (Å²) < 4.78 is 23.5. The molecule has 0 amide bonds. The summed E-state index contributed by atoms with van der Waals surface area (Å²) in [6, 6.07) is 0. The highest BCUT2D eigenvalue weighted by molar-refractivity contribution is 8.13. The van der Waals surface area contributed by atoms with E-state index in [1.807, 2.05) is 0 Å². The lowest BCUT2D eigenvalue weighted by Gasteiger charge is -1.99. The Balaban J connectivity index is 2.43. The molecule has 0 aromatic carbocycles. The highest BCUT2D eigenvalue weighted by Crippen LogP contribution is 2.46. The van der Waals surface area contributed by atoms with Crippen LogP contribution in [0.15, 0.2) is 5.16 Å². The second-order valence-electron chi connectivity index (χ2n) is 3.66. The predicted octanol–water partition coefficient (Wildman–Crippen LogP) is 0.866. The Hall–Kier alpha value is -0.620. The lowest BCUT2D eigenvalue weighted by molar-refractivity contribution is 0.590. The fraction of sp³-hybridized carbons (Fsp3) is 0.714. The Morgan fingerprint density at radius 1 is 1.50 bits per heavy atom. The molecular formula is C7H10ClN3O2S. The van der Waals surface area contributed by atoms with Crippen molar-refractivity contribution in [1.82, 2.24) is 14.8 Å².